The molecule has 0 saturated carbocycles. The van der Waals surface area contributed by atoms with Gasteiger partial charge in [-0.2, -0.15) is 0 Å². The van der Waals surface area contributed by atoms with E-state index in [4.69, 9.17) is 4.98 Å². The molecule has 0 aliphatic rings. The summed E-state index contributed by atoms with van der Waals surface area (Å²) >= 11 is 1.72. The number of rotatable bonds is 3. The predicted molar refractivity (Wildman–Crippen MR) is 124 cm³/mol. The van der Waals surface area contributed by atoms with Gasteiger partial charge in [0.25, 0.3) is 0 Å². The molecule has 0 bridgehead atoms. The maximum Gasteiger partial charge on any atom is 0.195 e. The molecule has 0 unspecified atom stereocenters. The number of thiazole rings is 1. The van der Waals surface area contributed by atoms with Gasteiger partial charge in [0, 0.05) is 33.2 Å². The molecule has 0 radical (unpaired) electrons. The van der Waals surface area contributed by atoms with Crippen LogP contribution in [0.4, 0.5) is 16.5 Å². The van der Waals surface area contributed by atoms with Crippen molar-refractivity contribution in [1.82, 2.24) is 9.97 Å². The van der Waals surface area contributed by atoms with Gasteiger partial charge in [0.1, 0.15) is 0 Å². The van der Waals surface area contributed by atoms with E-state index in [-0.39, 0.29) is 0 Å². The SMILES string of the molecule is c1ccc(N(c2ccccc2)c2nc3c(ccc4[nH]c5ccccc5c43)s2)cc1. The third-order valence-electron chi connectivity index (χ3n) is 5.24. The third kappa shape index (κ3) is 2.61. The maximum absolute atomic E-state index is 5.14. The van der Waals surface area contributed by atoms with Gasteiger partial charge in [-0.15, -0.1) is 0 Å². The molecule has 3 nitrogen and oxygen atoms in total. The van der Waals surface area contributed by atoms with Crippen LogP contribution in [0.25, 0.3) is 32.0 Å². The van der Waals surface area contributed by atoms with Crippen molar-refractivity contribution in [2.24, 2.45) is 0 Å². The summed E-state index contributed by atoms with van der Waals surface area (Å²) in [5.41, 5.74) is 5.53. The molecule has 4 aromatic carbocycles. The second-order valence-corrected chi connectivity index (χ2v) is 8.02. The summed E-state index contributed by atoms with van der Waals surface area (Å²) in [5.74, 6) is 0. The van der Waals surface area contributed by atoms with E-state index in [0.717, 1.165) is 33.1 Å². The van der Waals surface area contributed by atoms with E-state index in [0.29, 0.717) is 0 Å². The second kappa shape index (κ2) is 6.47. The highest BCUT2D eigenvalue weighted by Gasteiger charge is 2.18. The van der Waals surface area contributed by atoms with Gasteiger partial charge in [0.2, 0.25) is 0 Å². The van der Waals surface area contributed by atoms with Crippen LogP contribution in [0, 0.1) is 0 Å². The van der Waals surface area contributed by atoms with Gasteiger partial charge >= 0.3 is 0 Å². The topological polar surface area (TPSA) is 31.9 Å². The molecule has 0 aliphatic carbocycles. The largest absolute Gasteiger partial charge is 0.354 e. The van der Waals surface area contributed by atoms with Crippen molar-refractivity contribution in [2.75, 3.05) is 4.90 Å². The normalized spacial score (nSPS) is 11.4. The molecule has 29 heavy (non-hydrogen) atoms. The Bertz CT molecular complexity index is 1410. The third-order valence-corrected chi connectivity index (χ3v) is 6.24. The average molecular weight is 391 g/mol. The molecule has 1 N–H and O–H groups in total. The first-order valence-electron chi connectivity index (χ1n) is 9.59. The highest BCUT2D eigenvalue weighted by atomic mass is 32.1. The summed E-state index contributed by atoms with van der Waals surface area (Å²) in [5, 5.41) is 3.38. The number of hydrogen-bond donors (Lipinski definition) is 1. The van der Waals surface area contributed by atoms with Gasteiger partial charge < -0.3 is 4.98 Å². The zero-order valence-electron chi connectivity index (χ0n) is 15.5. The molecule has 0 aliphatic heterocycles. The lowest BCUT2D eigenvalue weighted by atomic mass is 10.1. The lowest BCUT2D eigenvalue weighted by Gasteiger charge is -2.21. The standard InChI is InChI=1S/C25H17N3S/c1-3-9-17(10-4-1)28(18-11-5-2-6-12-18)25-27-24-22(29-25)16-15-21-23(24)19-13-7-8-14-20(19)26-21/h1-16,26H. The molecule has 0 spiro atoms. The molecule has 6 rings (SSSR count). The molecule has 4 heteroatoms. The molecule has 0 saturated heterocycles. The Kier molecular flexibility index (Phi) is 3.64. The Balaban J connectivity index is 1.63. The molecule has 138 valence electrons. The Morgan fingerprint density at radius 1 is 0.655 bits per heavy atom. The van der Waals surface area contributed by atoms with E-state index in [1.165, 1.54) is 15.5 Å². The van der Waals surface area contributed by atoms with E-state index in [9.17, 15) is 0 Å². The van der Waals surface area contributed by atoms with Crippen molar-refractivity contribution < 1.29 is 0 Å². The Hall–Kier alpha value is -3.63. The minimum atomic E-state index is 0.968. The highest BCUT2D eigenvalue weighted by molar-refractivity contribution is 7.22. The van der Waals surface area contributed by atoms with Crippen molar-refractivity contribution >= 4 is 59.9 Å². The van der Waals surface area contributed by atoms with Crippen LogP contribution in [0.3, 0.4) is 0 Å². The number of para-hydroxylation sites is 3. The Morgan fingerprint density at radius 3 is 2.03 bits per heavy atom. The van der Waals surface area contributed by atoms with E-state index < -0.39 is 0 Å². The first-order chi connectivity index (χ1) is 14.4. The van der Waals surface area contributed by atoms with Gasteiger partial charge in [-0.3, -0.25) is 4.90 Å². The molecular formula is C25H17N3S. The number of aromatic nitrogens is 2. The van der Waals surface area contributed by atoms with Crippen molar-refractivity contribution in [3.8, 4) is 0 Å². The number of nitrogens with one attached hydrogen (secondary N) is 1. The lowest BCUT2D eigenvalue weighted by Crippen LogP contribution is -2.09. The van der Waals surface area contributed by atoms with Crippen LogP contribution >= 0.6 is 11.3 Å². The van der Waals surface area contributed by atoms with Gasteiger partial charge in [0.05, 0.1) is 10.2 Å². The molecular weight excluding hydrogens is 374 g/mol. The highest BCUT2D eigenvalue weighted by Crippen LogP contribution is 2.41. The summed E-state index contributed by atoms with van der Waals surface area (Å²) < 4.78 is 1.19. The number of H-pyrrole nitrogens is 1. The molecule has 0 amide bonds. The molecule has 6 aromatic rings. The zero-order chi connectivity index (χ0) is 19.2. The first-order valence-corrected chi connectivity index (χ1v) is 10.4. The first kappa shape index (κ1) is 16.3. The quantitative estimate of drug-likeness (QED) is 0.341. The minimum Gasteiger partial charge on any atom is -0.354 e. The number of fused-ring (bicyclic) bond motifs is 5. The smallest absolute Gasteiger partial charge is 0.195 e. The fourth-order valence-electron chi connectivity index (χ4n) is 3.93. The van der Waals surface area contributed by atoms with Crippen LogP contribution < -0.4 is 4.90 Å². The molecule has 2 aromatic heterocycles. The average Bonchev–Trinajstić information content (AvgIpc) is 3.36. The second-order valence-electron chi connectivity index (χ2n) is 7.01. The summed E-state index contributed by atoms with van der Waals surface area (Å²) in [4.78, 5) is 10.9. The van der Waals surface area contributed by atoms with Crippen LogP contribution in [0.2, 0.25) is 0 Å². The summed E-state index contributed by atoms with van der Waals surface area (Å²) in [7, 11) is 0. The minimum absolute atomic E-state index is 0.968. The maximum atomic E-state index is 5.14. The number of hydrogen-bond acceptors (Lipinski definition) is 3. The predicted octanol–water partition coefficient (Wildman–Crippen LogP) is 7.40. The monoisotopic (exact) mass is 391 g/mol. The van der Waals surface area contributed by atoms with Crippen LogP contribution in [0.5, 0.6) is 0 Å². The van der Waals surface area contributed by atoms with Gasteiger partial charge in [0.15, 0.2) is 5.13 Å². The van der Waals surface area contributed by atoms with Crippen molar-refractivity contribution in [3.05, 3.63) is 97.1 Å². The van der Waals surface area contributed by atoms with E-state index >= 15 is 0 Å². The van der Waals surface area contributed by atoms with Crippen LogP contribution in [-0.2, 0) is 0 Å². The van der Waals surface area contributed by atoms with Crippen molar-refractivity contribution in [1.29, 1.82) is 0 Å². The summed E-state index contributed by atoms with van der Waals surface area (Å²) in [6.07, 6.45) is 0. The van der Waals surface area contributed by atoms with Gasteiger partial charge in [-0.05, 0) is 42.5 Å². The van der Waals surface area contributed by atoms with E-state index in [1.807, 2.05) is 12.1 Å². The zero-order valence-corrected chi connectivity index (χ0v) is 16.4. The molecule has 2 heterocycles. The van der Waals surface area contributed by atoms with Crippen LogP contribution in [0.15, 0.2) is 97.1 Å². The van der Waals surface area contributed by atoms with Gasteiger partial charge in [-0.25, -0.2) is 4.98 Å². The molecule has 0 atom stereocenters. The van der Waals surface area contributed by atoms with E-state index in [1.54, 1.807) is 11.3 Å². The lowest BCUT2D eigenvalue weighted by molar-refractivity contribution is 1.25. The number of benzene rings is 4. The number of anilines is 3. The fraction of sp³-hybridized carbons (Fsp3) is 0. The molecule has 0 fully saturated rings. The number of nitrogens with zero attached hydrogens (tertiary/aromatic N) is 2. The number of aromatic amines is 1. The summed E-state index contributed by atoms with van der Waals surface area (Å²) in [6.45, 7) is 0. The fourth-order valence-corrected chi connectivity index (χ4v) is 4.95. The van der Waals surface area contributed by atoms with Crippen LogP contribution in [-0.4, -0.2) is 9.97 Å². The Morgan fingerprint density at radius 2 is 1.31 bits per heavy atom. The van der Waals surface area contributed by atoms with Gasteiger partial charge in [-0.1, -0.05) is 65.9 Å². The Labute approximate surface area is 171 Å². The van der Waals surface area contributed by atoms with E-state index in [2.05, 4.69) is 94.8 Å². The summed E-state index contributed by atoms with van der Waals surface area (Å²) in [6, 6.07) is 33.6. The van der Waals surface area contributed by atoms with Crippen molar-refractivity contribution in [2.45, 2.75) is 0 Å². The van der Waals surface area contributed by atoms with Crippen molar-refractivity contribution in [3.63, 3.8) is 0 Å². The van der Waals surface area contributed by atoms with Crippen LogP contribution in [0.1, 0.15) is 0 Å².